The molecule has 0 bridgehead atoms. The number of aryl methyl sites for hydroxylation is 1. The maximum atomic E-state index is 13.7. The molecule has 2 heterocycles. The van der Waals surface area contributed by atoms with Crippen LogP contribution in [0.3, 0.4) is 0 Å². The first-order valence-electron chi connectivity index (χ1n) is 12.2. The first-order chi connectivity index (χ1) is 19.0. The number of amides is 2. The lowest BCUT2D eigenvalue weighted by atomic mass is 10.1. The van der Waals surface area contributed by atoms with Gasteiger partial charge in [0, 0.05) is 4.88 Å². The molecule has 0 aliphatic heterocycles. The van der Waals surface area contributed by atoms with E-state index < -0.39 is 50.9 Å². The smallest absolute Gasteiger partial charge is 0.341 e. The Balaban J connectivity index is 1.53. The number of hydrogen-bond acceptors (Lipinski definition) is 10. The minimum absolute atomic E-state index is 0.0292. The van der Waals surface area contributed by atoms with E-state index in [2.05, 4.69) is 15.0 Å². The Morgan fingerprint density at radius 1 is 1.05 bits per heavy atom. The SMILES string of the molecule is COC(=O)Cn1c(=NC(=O)CS(=O)(=O)CC(=O)Nc2sc3c(c2C(=O)OC)CCCCC3)sc2cc(F)ccc21. The van der Waals surface area contributed by atoms with Crippen LogP contribution in [0.1, 0.15) is 40.1 Å². The lowest BCUT2D eigenvalue weighted by molar-refractivity contribution is -0.141. The monoisotopic (exact) mass is 611 g/mol. The third-order valence-electron chi connectivity index (χ3n) is 6.14. The second-order valence-corrected chi connectivity index (χ2v) is 13.2. The van der Waals surface area contributed by atoms with Crippen molar-refractivity contribution in [2.75, 3.05) is 31.0 Å². The largest absolute Gasteiger partial charge is 0.468 e. The van der Waals surface area contributed by atoms with Crippen molar-refractivity contribution in [1.29, 1.82) is 0 Å². The number of thiazole rings is 1. The Bertz CT molecular complexity index is 1670. The van der Waals surface area contributed by atoms with Crippen molar-refractivity contribution in [3.05, 3.63) is 44.8 Å². The molecule has 1 N–H and O–H groups in total. The number of benzene rings is 1. The van der Waals surface area contributed by atoms with Gasteiger partial charge in [-0.1, -0.05) is 17.8 Å². The highest BCUT2D eigenvalue weighted by atomic mass is 32.2. The minimum atomic E-state index is -4.27. The Morgan fingerprint density at radius 2 is 1.80 bits per heavy atom. The number of esters is 2. The molecule has 0 fully saturated rings. The first-order valence-corrected chi connectivity index (χ1v) is 15.6. The van der Waals surface area contributed by atoms with Crippen LogP contribution in [-0.2, 0) is 53.1 Å². The zero-order valence-corrected chi connectivity index (χ0v) is 24.1. The van der Waals surface area contributed by atoms with Gasteiger partial charge in [-0.05, 0) is 49.4 Å². The summed E-state index contributed by atoms with van der Waals surface area (Å²) < 4.78 is 50.4. The third-order valence-corrected chi connectivity index (χ3v) is 9.78. The molecule has 0 radical (unpaired) electrons. The highest BCUT2D eigenvalue weighted by Gasteiger charge is 2.28. The van der Waals surface area contributed by atoms with Crippen molar-refractivity contribution >= 4 is 71.5 Å². The Morgan fingerprint density at radius 3 is 2.52 bits per heavy atom. The molecule has 2 amide bonds. The molecule has 0 unspecified atom stereocenters. The summed E-state index contributed by atoms with van der Waals surface area (Å²) in [6.07, 6.45) is 4.24. The van der Waals surface area contributed by atoms with Crippen molar-refractivity contribution in [3.63, 3.8) is 0 Å². The summed E-state index contributed by atoms with van der Waals surface area (Å²) >= 11 is 2.11. The maximum Gasteiger partial charge on any atom is 0.341 e. The van der Waals surface area contributed by atoms with E-state index in [1.165, 1.54) is 48.3 Å². The number of carbonyl (C=O) groups excluding carboxylic acids is 4. The number of fused-ring (bicyclic) bond motifs is 2. The van der Waals surface area contributed by atoms with Crippen molar-refractivity contribution in [1.82, 2.24) is 4.57 Å². The van der Waals surface area contributed by atoms with E-state index in [-0.39, 0.29) is 21.9 Å². The molecule has 0 spiro atoms. The number of thiophene rings is 1. The number of ether oxygens (including phenoxy) is 2. The summed E-state index contributed by atoms with van der Waals surface area (Å²) in [7, 11) is -1.86. The maximum absolute atomic E-state index is 13.7. The second-order valence-electron chi connectivity index (χ2n) is 9.01. The van der Waals surface area contributed by atoms with Gasteiger partial charge in [0.1, 0.15) is 28.9 Å². The number of rotatable bonds is 8. The molecule has 15 heteroatoms. The van der Waals surface area contributed by atoms with Crippen molar-refractivity contribution in [2.24, 2.45) is 4.99 Å². The number of anilines is 1. The van der Waals surface area contributed by atoms with Crippen LogP contribution in [0.15, 0.2) is 23.2 Å². The fourth-order valence-corrected chi connectivity index (χ4v) is 7.75. The van der Waals surface area contributed by atoms with Gasteiger partial charge in [-0.15, -0.1) is 11.3 Å². The number of aromatic nitrogens is 1. The van der Waals surface area contributed by atoms with Crippen LogP contribution in [0.2, 0.25) is 0 Å². The van der Waals surface area contributed by atoms with E-state index in [1.54, 1.807) is 0 Å². The summed E-state index contributed by atoms with van der Waals surface area (Å²) in [4.78, 5) is 54.4. The molecule has 3 aromatic rings. The number of nitrogens with zero attached hydrogens (tertiary/aromatic N) is 2. The molecule has 1 aliphatic rings. The highest BCUT2D eigenvalue weighted by molar-refractivity contribution is 7.92. The summed E-state index contributed by atoms with van der Waals surface area (Å²) in [6.45, 7) is -0.337. The van der Waals surface area contributed by atoms with E-state index >= 15 is 0 Å². The van der Waals surface area contributed by atoms with Crippen LogP contribution in [0.5, 0.6) is 0 Å². The van der Waals surface area contributed by atoms with Crippen LogP contribution in [0, 0.1) is 5.82 Å². The van der Waals surface area contributed by atoms with Crippen molar-refractivity contribution in [3.8, 4) is 0 Å². The minimum Gasteiger partial charge on any atom is -0.468 e. The fourth-order valence-electron chi connectivity index (χ4n) is 4.37. The van der Waals surface area contributed by atoms with Crippen LogP contribution in [0.25, 0.3) is 10.2 Å². The van der Waals surface area contributed by atoms with Crippen molar-refractivity contribution in [2.45, 2.75) is 38.6 Å². The molecule has 1 aromatic carbocycles. The van der Waals surface area contributed by atoms with Gasteiger partial charge in [0.25, 0.3) is 5.91 Å². The van der Waals surface area contributed by atoms with E-state index in [4.69, 9.17) is 4.74 Å². The Hall–Kier alpha value is -3.43. The molecule has 2 aromatic heterocycles. The Kier molecular flexibility index (Phi) is 9.15. The zero-order valence-electron chi connectivity index (χ0n) is 21.7. The molecule has 0 atom stereocenters. The van der Waals surface area contributed by atoms with Crippen LogP contribution in [-0.4, -0.2) is 62.5 Å². The molecule has 214 valence electrons. The number of nitrogens with one attached hydrogen (secondary N) is 1. The number of methoxy groups -OCH3 is 2. The predicted molar refractivity (Wildman–Crippen MR) is 147 cm³/mol. The van der Waals surface area contributed by atoms with Crippen molar-refractivity contribution < 1.29 is 41.5 Å². The quantitative estimate of drug-likeness (QED) is 0.302. The fraction of sp³-hybridized carbons (Fsp3) is 0.400. The molecule has 4 rings (SSSR count). The van der Waals surface area contributed by atoms with Gasteiger partial charge < -0.3 is 19.4 Å². The van der Waals surface area contributed by atoms with E-state index in [1.807, 2.05) is 0 Å². The normalized spacial score (nSPS) is 13.9. The highest BCUT2D eigenvalue weighted by Crippen LogP contribution is 2.38. The molecular formula is C25H26FN3O8S3. The average molecular weight is 612 g/mol. The topological polar surface area (TPSA) is 150 Å². The van der Waals surface area contributed by atoms with Crippen LogP contribution in [0.4, 0.5) is 9.39 Å². The lowest BCUT2D eigenvalue weighted by Gasteiger charge is -2.07. The molecule has 11 nitrogen and oxygen atoms in total. The van der Waals surface area contributed by atoms with Gasteiger partial charge in [-0.2, -0.15) is 4.99 Å². The molecule has 0 saturated carbocycles. The molecule has 1 aliphatic carbocycles. The van der Waals surface area contributed by atoms with E-state index in [0.717, 1.165) is 47.5 Å². The number of halogens is 1. The lowest BCUT2D eigenvalue weighted by Crippen LogP contribution is -2.29. The van der Waals surface area contributed by atoms with Gasteiger partial charge in [0.05, 0.1) is 30.0 Å². The molecule has 40 heavy (non-hydrogen) atoms. The summed E-state index contributed by atoms with van der Waals surface area (Å²) in [6, 6.07) is 3.78. The Labute approximate surface area is 236 Å². The van der Waals surface area contributed by atoms with Gasteiger partial charge in [-0.3, -0.25) is 14.4 Å². The average Bonchev–Trinajstić information content (AvgIpc) is 3.28. The summed E-state index contributed by atoms with van der Waals surface area (Å²) in [5.74, 6) is -5.88. The van der Waals surface area contributed by atoms with Crippen LogP contribution >= 0.6 is 22.7 Å². The molecular weight excluding hydrogens is 585 g/mol. The second kappa shape index (κ2) is 12.4. The number of hydrogen-bond donors (Lipinski definition) is 1. The van der Waals surface area contributed by atoms with Gasteiger partial charge in [-0.25, -0.2) is 17.6 Å². The van der Waals surface area contributed by atoms with Crippen LogP contribution < -0.4 is 10.1 Å². The summed E-state index contributed by atoms with van der Waals surface area (Å²) in [5.41, 5.74) is 1.45. The zero-order chi connectivity index (χ0) is 29.0. The number of sulfone groups is 1. The summed E-state index contributed by atoms with van der Waals surface area (Å²) in [5, 5.41) is 2.73. The third kappa shape index (κ3) is 6.82. The van der Waals surface area contributed by atoms with Gasteiger partial charge in [0.2, 0.25) is 5.91 Å². The predicted octanol–water partition coefficient (Wildman–Crippen LogP) is 2.61. The van der Waals surface area contributed by atoms with E-state index in [9.17, 15) is 32.0 Å². The van der Waals surface area contributed by atoms with Gasteiger partial charge in [0.15, 0.2) is 14.6 Å². The van der Waals surface area contributed by atoms with Gasteiger partial charge >= 0.3 is 11.9 Å². The molecule has 0 saturated heterocycles. The number of carbonyl (C=O) groups is 4. The standard InChI is InChI=1S/C25H26FN3O8S3/c1-36-21(32)11-29-16-9-8-14(26)10-18(16)39-25(29)28-20(31)13-40(34,35)12-19(30)27-23-22(24(33)37-2)15-6-4-3-5-7-17(15)38-23/h8-10H,3-7,11-13H2,1-2H3,(H,27,30). The first kappa shape index (κ1) is 29.6. The van der Waals surface area contributed by atoms with E-state index in [0.29, 0.717) is 16.6 Å².